The van der Waals surface area contributed by atoms with Crippen LogP contribution in [0.4, 0.5) is 4.39 Å². The molecule has 1 N–H and O–H groups in total. The quantitative estimate of drug-likeness (QED) is 0.326. The minimum absolute atomic E-state index is 0. The molecule has 0 aliphatic rings. The standard InChI is InChI=1S/C21H29FN4O2S.HI/c1-16(2)26(5)29(27,28)20-11-9-17(10-12-20)14-24-21(23-3)25(4)15-18-7-6-8-19(22)13-18;/h6-13,16H,14-15H2,1-5H3,(H,23,24);1H. The Balaban J connectivity index is 0.00000450. The predicted octanol–water partition coefficient (Wildman–Crippen LogP) is 3.68. The maximum atomic E-state index is 13.4. The van der Waals surface area contributed by atoms with E-state index in [0.29, 0.717) is 19.0 Å². The van der Waals surface area contributed by atoms with Crippen molar-refractivity contribution < 1.29 is 12.8 Å². The summed E-state index contributed by atoms with van der Waals surface area (Å²) in [5.41, 5.74) is 1.77. The zero-order valence-corrected chi connectivity index (χ0v) is 21.1. The van der Waals surface area contributed by atoms with Crippen molar-refractivity contribution in [3.63, 3.8) is 0 Å². The predicted molar refractivity (Wildman–Crippen MR) is 130 cm³/mol. The Morgan fingerprint density at radius 2 is 1.73 bits per heavy atom. The van der Waals surface area contributed by atoms with Crippen LogP contribution in [0.2, 0.25) is 0 Å². The summed E-state index contributed by atoms with van der Waals surface area (Å²) in [4.78, 5) is 6.42. The molecule has 0 atom stereocenters. The van der Waals surface area contributed by atoms with Gasteiger partial charge in [-0.3, -0.25) is 4.99 Å². The van der Waals surface area contributed by atoms with Crippen LogP contribution in [0.3, 0.4) is 0 Å². The monoisotopic (exact) mass is 548 g/mol. The molecule has 0 unspecified atom stereocenters. The molecule has 6 nitrogen and oxygen atoms in total. The third-order valence-corrected chi connectivity index (χ3v) is 6.71. The van der Waals surface area contributed by atoms with E-state index in [2.05, 4.69) is 10.3 Å². The van der Waals surface area contributed by atoms with Gasteiger partial charge in [0.05, 0.1) is 4.90 Å². The Hall–Kier alpha value is -1.72. The second-order valence-electron chi connectivity index (χ2n) is 7.15. The lowest BCUT2D eigenvalue weighted by Crippen LogP contribution is -2.38. The largest absolute Gasteiger partial charge is 0.352 e. The summed E-state index contributed by atoms with van der Waals surface area (Å²) in [5, 5.41) is 3.24. The van der Waals surface area contributed by atoms with Crippen molar-refractivity contribution in [3.05, 3.63) is 65.5 Å². The molecule has 0 aromatic heterocycles. The number of nitrogens with one attached hydrogen (secondary N) is 1. The van der Waals surface area contributed by atoms with Gasteiger partial charge in [-0.1, -0.05) is 24.3 Å². The van der Waals surface area contributed by atoms with Crippen molar-refractivity contribution >= 4 is 40.0 Å². The third-order valence-electron chi connectivity index (χ3n) is 4.66. The van der Waals surface area contributed by atoms with E-state index < -0.39 is 10.0 Å². The molecule has 0 fully saturated rings. The Kier molecular flexibility index (Phi) is 10.2. The van der Waals surface area contributed by atoms with E-state index in [4.69, 9.17) is 0 Å². The van der Waals surface area contributed by atoms with Crippen molar-refractivity contribution in [2.75, 3.05) is 21.1 Å². The van der Waals surface area contributed by atoms with Crippen LogP contribution in [0, 0.1) is 5.82 Å². The fraction of sp³-hybridized carbons (Fsp3) is 0.381. The summed E-state index contributed by atoms with van der Waals surface area (Å²) in [7, 11) is 1.64. The zero-order valence-electron chi connectivity index (χ0n) is 18.0. The van der Waals surface area contributed by atoms with Gasteiger partial charge in [-0.2, -0.15) is 4.31 Å². The average Bonchev–Trinajstić information content (AvgIpc) is 2.68. The minimum Gasteiger partial charge on any atom is -0.352 e. The summed E-state index contributed by atoms with van der Waals surface area (Å²) in [5.74, 6) is 0.391. The Labute approximate surface area is 196 Å². The molecule has 0 radical (unpaired) electrons. The first-order valence-corrected chi connectivity index (χ1v) is 10.8. The first-order valence-electron chi connectivity index (χ1n) is 9.38. The Morgan fingerprint density at radius 3 is 2.27 bits per heavy atom. The molecule has 0 saturated heterocycles. The number of benzene rings is 2. The van der Waals surface area contributed by atoms with Gasteiger partial charge in [-0.05, 0) is 49.2 Å². The number of nitrogens with zero attached hydrogens (tertiary/aromatic N) is 3. The number of halogens is 2. The molecule has 2 aromatic rings. The zero-order chi connectivity index (χ0) is 21.6. The van der Waals surface area contributed by atoms with Crippen molar-refractivity contribution in [1.82, 2.24) is 14.5 Å². The number of hydrogen-bond donors (Lipinski definition) is 1. The lowest BCUT2D eigenvalue weighted by Gasteiger charge is -2.23. The van der Waals surface area contributed by atoms with Crippen LogP contribution < -0.4 is 5.32 Å². The summed E-state index contributed by atoms with van der Waals surface area (Å²) < 4.78 is 39.8. The first kappa shape index (κ1) is 26.3. The lowest BCUT2D eigenvalue weighted by atomic mass is 10.2. The van der Waals surface area contributed by atoms with Gasteiger partial charge in [0, 0.05) is 40.3 Å². The van der Waals surface area contributed by atoms with Gasteiger partial charge in [0.2, 0.25) is 10.0 Å². The number of aliphatic imine (C=N–C) groups is 1. The molecule has 0 bridgehead atoms. The van der Waals surface area contributed by atoms with E-state index >= 15 is 0 Å². The maximum absolute atomic E-state index is 13.4. The molecule has 9 heteroatoms. The van der Waals surface area contributed by atoms with Gasteiger partial charge in [0.15, 0.2) is 5.96 Å². The first-order chi connectivity index (χ1) is 13.6. The highest BCUT2D eigenvalue weighted by Crippen LogP contribution is 2.17. The van der Waals surface area contributed by atoms with Gasteiger partial charge in [-0.25, -0.2) is 12.8 Å². The molecular formula is C21H30FIN4O2S. The fourth-order valence-corrected chi connectivity index (χ4v) is 4.14. The second-order valence-corrected chi connectivity index (χ2v) is 9.14. The molecule has 166 valence electrons. The average molecular weight is 548 g/mol. The smallest absolute Gasteiger partial charge is 0.243 e. The molecule has 2 aromatic carbocycles. The highest BCUT2D eigenvalue weighted by atomic mass is 127. The van der Waals surface area contributed by atoms with Gasteiger partial charge in [0.25, 0.3) is 0 Å². The van der Waals surface area contributed by atoms with Crippen LogP contribution in [0.5, 0.6) is 0 Å². The Morgan fingerprint density at radius 1 is 1.10 bits per heavy atom. The summed E-state index contributed by atoms with van der Waals surface area (Å²) in [6, 6.07) is 13.1. The third kappa shape index (κ3) is 6.92. The molecule has 0 spiro atoms. The van der Waals surface area contributed by atoms with Crippen molar-refractivity contribution in [3.8, 4) is 0 Å². The van der Waals surface area contributed by atoms with E-state index in [0.717, 1.165) is 11.1 Å². The molecule has 30 heavy (non-hydrogen) atoms. The van der Waals surface area contributed by atoms with Crippen LogP contribution in [-0.2, 0) is 23.1 Å². The molecule has 2 rings (SSSR count). The highest BCUT2D eigenvalue weighted by Gasteiger charge is 2.22. The number of hydrogen-bond acceptors (Lipinski definition) is 3. The minimum atomic E-state index is -3.49. The summed E-state index contributed by atoms with van der Waals surface area (Å²) in [6.45, 7) is 4.67. The van der Waals surface area contributed by atoms with Crippen molar-refractivity contribution in [2.45, 2.75) is 37.9 Å². The number of guanidine groups is 1. The van der Waals surface area contributed by atoms with Crippen molar-refractivity contribution in [2.24, 2.45) is 4.99 Å². The molecular weight excluding hydrogens is 518 g/mol. The maximum Gasteiger partial charge on any atom is 0.243 e. The van der Waals surface area contributed by atoms with Gasteiger partial charge in [0.1, 0.15) is 5.82 Å². The molecule has 0 aliphatic carbocycles. The summed E-state index contributed by atoms with van der Waals surface area (Å²) in [6.07, 6.45) is 0. The van der Waals surface area contributed by atoms with E-state index in [-0.39, 0.29) is 40.7 Å². The van der Waals surface area contributed by atoms with Crippen LogP contribution >= 0.6 is 24.0 Å². The second kappa shape index (κ2) is 11.6. The SMILES string of the molecule is CN=C(NCc1ccc(S(=O)(=O)N(C)C(C)C)cc1)N(C)Cc1cccc(F)c1.I. The van der Waals surface area contributed by atoms with Gasteiger partial charge in [-0.15, -0.1) is 24.0 Å². The normalized spacial score (nSPS) is 12.1. The van der Waals surface area contributed by atoms with E-state index in [1.54, 1.807) is 44.4 Å². The molecule has 0 amide bonds. The topological polar surface area (TPSA) is 65.0 Å². The summed E-state index contributed by atoms with van der Waals surface area (Å²) >= 11 is 0. The molecule has 0 heterocycles. The van der Waals surface area contributed by atoms with Crippen LogP contribution in [0.1, 0.15) is 25.0 Å². The molecule has 0 aliphatic heterocycles. The van der Waals surface area contributed by atoms with Crippen LogP contribution in [0.15, 0.2) is 58.4 Å². The number of sulfonamides is 1. The molecule has 0 saturated carbocycles. The van der Waals surface area contributed by atoms with E-state index in [9.17, 15) is 12.8 Å². The highest BCUT2D eigenvalue weighted by molar-refractivity contribution is 14.0. The van der Waals surface area contributed by atoms with Crippen molar-refractivity contribution in [1.29, 1.82) is 0 Å². The van der Waals surface area contributed by atoms with Crippen LogP contribution in [0.25, 0.3) is 0 Å². The Bertz CT molecular complexity index is 950. The van der Waals surface area contributed by atoms with E-state index in [1.165, 1.54) is 16.4 Å². The van der Waals surface area contributed by atoms with Gasteiger partial charge >= 0.3 is 0 Å². The lowest BCUT2D eigenvalue weighted by molar-refractivity contribution is 0.410. The fourth-order valence-electron chi connectivity index (χ4n) is 2.77. The number of rotatable bonds is 7. The van der Waals surface area contributed by atoms with Gasteiger partial charge < -0.3 is 10.2 Å². The van der Waals surface area contributed by atoms with E-state index in [1.807, 2.05) is 31.9 Å². The van der Waals surface area contributed by atoms with Crippen LogP contribution in [-0.4, -0.2) is 50.8 Å².